The quantitative estimate of drug-likeness (QED) is 0.0195. The van der Waals surface area contributed by atoms with E-state index >= 15 is 0 Å². The van der Waals surface area contributed by atoms with Gasteiger partial charge in [-0.3, -0.25) is 9.59 Å². The zero-order chi connectivity index (χ0) is 61.7. The van der Waals surface area contributed by atoms with Crippen LogP contribution in [-0.4, -0.2) is 99.6 Å². The number of allylic oxidation sites excluding steroid dienone is 25. The van der Waals surface area contributed by atoms with Crippen LogP contribution in [0, 0.1) is 0 Å². The molecule has 1 amide bonds. The summed E-state index contributed by atoms with van der Waals surface area (Å²) in [6.45, 7) is 5.52. The number of hydrogen-bond donors (Lipinski definition) is 6. The summed E-state index contributed by atoms with van der Waals surface area (Å²) in [6.07, 6.45) is 77.0. The summed E-state index contributed by atoms with van der Waals surface area (Å²) in [5.41, 5.74) is 0. The normalized spacial score (nSPS) is 19.5. The van der Waals surface area contributed by atoms with Crippen LogP contribution in [0.15, 0.2) is 158 Å². The van der Waals surface area contributed by atoms with Crippen LogP contribution in [0.4, 0.5) is 0 Å². The fraction of sp³-hybridized carbons (Fsp3) is 0.622. The smallest absolute Gasteiger partial charge is 0.306 e. The van der Waals surface area contributed by atoms with Gasteiger partial charge in [0.2, 0.25) is 5.91 Å². The van der Waals surface area contributed by atoms with Crippen LogP contribution in [-0.2, 0) is 23.8 Å². The van der Waals surface area contributed by atoms with Gasteiger partial charge >= 0.3 is 5.97 Å². The van der Waals surface area contributed by atoms with Crippen molar-refractivity contribution in [3.05, 3.63) is 158 Å². The van der Waals surface area contributed by atoms with E-state index in [-0.39, 0.29) is 19.4 Å². The molecule has 0 spiro atoms. The Labute approximate surface area is 517 Å². The molecule has 6 N–H and O–H groups in total. The van der Waals surface area contributed by atoms with Crippen molar-refractivity contribution in [2.24, 2.45) is 0 Å². The molecule has 1 saturated heterocycles. The molecule has 8 atom stereocenters. The molecule has 480 valence electrons. The van der Waals surface area contributed by atoms with Crippen LogP contribution < -0.4 is 5.32 Å². The Hall–Kier alpha value is -4.72. The summed E-state index contributed by atoms with van der Waals surface area (Å²) >= 11 is 0. The highest BCUT2D eigenvalue weighted by Gasteiger charge is 2.47. The first-order valence-electron chi connectivity index (χ1n) is 33.3. The van der Waals surface area contributed by atoms with Crippen LogP contribution in [0.1, 0.15) is 233 Å². The van der Waals surface area contributed by atoms with Crippen LogP contribution >= 0.6 is 0 Å². The minimum absolute atomic E-state index is 0.0553. The average molecular weight is 1180 g/mol. The third kappa shape index (κ3) is 47.1. The topological polar surface area (TPSA) is 175 Å². The number of nitrogens with one attached hydrogen (secondary N) is 1. The zero-order valence-corrected chi connectivity index (χ0v) is 53.2. The molecule has 1 fully saturated rings. The van der Waals surface area contributed by atoms with Crippen LogP contribution in [0.25, 0.3) is 0 Å². The van der Waals surface area contributed by atoms with E-state index in [0.717, 1.165) is 135 Å². The second-order valence-electron chi connectivity index (χ2n) is 22.1. The van der Waals surface area contributed by atoms with Gasteiger partial charge in [0.15, 0.2) is 12.4 Å². The summed E-state index contributed by atoms with van der Waals surface area (Å²) in [7, 11) is 0. The van der Waals surface area contributed by atoms with Crippen molar-refractivity contribution in [2.45, 2.75) is 282 Å². The number of esters is 1. The molecule has 0 saturated carbocycles. The predicted octanol–water partition coefficient (Wildman–Crippen LogP) is 16.7. The van der Waals surface area contributed by atoms with Crippen molar-refractivity contribution in [3.63, 3.8) is 0 Å². The van der Waals surface area contributed by atoms with E-state index in [1.54, 1.807) is 6.08 Å². The second-order valence-corrected chi connectivity index (χ2v) is 22.1. The minimum Gasteiger partial charge on any atom is -0.454 e. The molecule has 0 aliphatic carbocycles. The van der Waals surface area contributed by atoms with Gasteiger partial charge in [0.05, 0.1) is 25.4 Å². The number of aliphatic hydroxyl groups is 5. The molecule has 1 rings (SSSR count). The lowest BCUT2D eigenvalue weighted by atomic mass is 9.99. The first kappa shape index (κ1) is 78.3. The Morgan fingerprint density at radius 2 is 0.847 bits per heavy atom. The molecule has 0 aromatic rings. The Morgan fingerprint density at radius 1 is 0.471 bits per heavy atom. The molecular weight excluding hydrogens is 1060 g/mol. The minimum atomic E-state index is -1.65. The van der Waals surface area contributed by atoms with E-state index < -0.39 is 67.4 Å². The molecule has 0 radical (unpaired) electrons. The lowest BCUT2D eigenvalue weighted by Gasteiger charge is -2.41. The Kier molecular flexibility index (Phi) is 54.9. The van der Waals surface area contributed by atoms with Crippen molar-refractivity contribution in [1.29, 1.82) is 0 Å². The average Bonchev–Trinajstić information content (AvgIpc) is 3.19. The summed E-state index contributed by atoms with van der Waals surface area (Å²) < 4.78 is 17.6. The van der Waals surface area contributed by atoms with Gasteiger partial charge in [-0.2, -0.15) is 0 Å². The van der Waals surface area contributed by atoms with Gasteiger partial charge in [0, 0.05) is 6.42 Å². The number of aliphatic hydroxyl groups excluding tert-OH is 5. The standard InChI is InChI=1S/C74H119NO10/c1-4-7-10-13-16-19-22-25-27-29-31-33-35-36-38-40-43-46-49-52-55-58-61-67(78)73(82)75-65(66(77)60-57-54-51-48-45-42-24-21-18-15-12-9-6-3)64-83-74-72(71(81)70(80)68(63-76)84-74)85-69(79)62-59-56-53-50-47-44-41-39-37-34-32-30-28-26-23-20-17-14-11-8-5-2/h7-8,10-11,16-17,19-20,25-28,31-34,36,38-39,41,43,46-47,50,57,60,65-68,70-72,74,76-78,80-81H,4-6,9,12-15,18,21-24,29-30,35,37,40,42,44-45,48-49,51-56,58-59,61-64H2,1-3H3,(H,75,82)/b10-7-,11-8-,19-16-,20-17-,27-25-,28-26-,33-31-,34-32-,38-36-,41-39-,46-43-,50-47-,60-57+. The molecule has 8 unspecified atom stereocenters. The maximum atomic E-state index is 13.5. The highest BCUT2D eigenvalue weighted by molar-refractivity contribution is 5.80. The van der Waals surface area contributed by atoms with E-state index in [1.165, 1.54) is 51.4 Å². The first-order chi connectivity index (χ1) is 41.7. The highest BCUT2D eigenvalue weighted by Crippen LogP contribution is 2.26. The van der Waals surface area contributed by atoms with Crippen molar-refractivity contribution in [3.8, 4) is 0 Å². The third-order valence-electron chi connectivity index (χ3n) is 14.4. The van der Waals surface area contributed by atoms with Gasteiger partial charge < -0.3 is 45.1 Å². The molecule has 1 aliphatic rings. The fourth-order valence-electron chi connectivity index (χ4n) is 9.24. The van der Waals surface area contributed by atoms with Crippen LogP contribution in [0.5, 0.6) is 0 Å². The maximum absolute atomic E-state index is 13.5. The molecule has 0 bridgehead atoms. The number of hydrogen-bond acceptors (Lipinski definition) is 10. The first-order valence-corrected chi connectivity index (χ1v) is 33.3. The van der Waals surface area contributed by atoms with Gasteiger partial charge in [-0.05, 0) is 128 Å². The monoisotopic (exact) mass is 1180 g/mol. The molecule has 1 aliphatic heterocycles. The van der Waals surface area contributed by atoms with E-state index in [1.807, 2.05) is 6.08 Å². The number of unbranched alkanes of at least 4 members (excludes halogenated alkanes) is 16. The van der Waals surface area contributed by atoms with Crippen LogP contribution in [0.2, 0.25) is 0 Å². The number of rotatable bonds is 54. The van der Waals surface area contributed by atoms with Crippen molar-refractivity contribution in [1.82, 2.24) is 5.32 Å². The van der Waals surface area contributed by atoms with Gasteiger partial charge in [-0.1, -0.05) is 256 Å². The molecule has 0 aromatic heterocycles. The molecule has 1 heterocycles. The summed E-state index contributed by atoms with van der Waals surface area (Å²) in [5.74, 6) is -1.28. The Bertz CT molecular complexity index is 1990. The second kappa shape index (κ2) is 59.6. The molecule has 11 heteroatoms. The van der Waals surface area contributed by atoms with Gasteiger partial charge in [0.1, 0.15) is 24.4 Å². The Morgan fingerprint density at radius 3 is 1.27 bits per heavy atom. The van der Waals surface area contributed by atoms with Gasteiger partial charge in [-0.25, -0.2) is 0 Å². The Balaban J connectivity index is 2.72. The zero-order valence-electron chi connectivity index (χ0n) is 53.2. The van der Waals surface area contributed by atoms with Crippen LogP contribution in [0.3, 0.4) is 0 Å². The van der Waals surface area contributed by atoms with Crippen molar-refractivity contribution < 1.29 is 49.3 Å². The summed E-state index contributed by atoms with van der Waals surface area (Å²) in [4.78, 5) is 26.6. The van der Waals surface area contributed by atoms with Crippen molar-refractivity contribution >= 4 is 11.9 Å². The highest BCUT2D eigenvalue weighted by atomic mass is 16.7. The largest absolute Gasteiger partial charge is 0.454 e. The predicted molar refractivity (Wildman–Crippen MR) is 356 cm³/mol. The maximum Gasteiger partial charge on any atom is 0.306 e. The van der Waals surface area contributed by atoms with Crippen molar-refractivity contribution in [2.75, 3.05) is 13.2 Å². The third-order valence-corrected chi connectivity index (χ3v) is 14.4. The lowest BCUT2D eigenvalue weighted by Crippen LogP contribution is -2.61. The van der Waals surface area contributed by atoms with Gasteiger partial charge in [-0.15, -0.1) is 0 Å². The fourth-order valence-corrected chi connectivity index (χ4v) is 9.24. The molecular formula is C74H119NO10. The lowest BCUT2D eigenvalue weighted by molar-refractivity contribution is -0.305. The summed E-state index contributed by atoms with van der Waals surface area (Å²) in [6, 6.07) is -1.06. The number of ether oxygens (including phenoxy) is 3. The molecule has 11 nitrogen and oxygen atoms in total. The molecule has 85 heavy (non-hydrogen) atoms. The molecule has 0 aromatic carbocycles. The SMILES string of the molecule is CC/C=C\C/C=C\C/C=C\C/C=C\C/C=C\C/C=C\CCCCCC(O)C(=O)NC(COC1OC(CO)C(O)C(O)C1OC(=O)CCCC/C=C\C/C=C\C/C=C\C/C=C\C/C=C\C/C=C\CC)C(O)/C=C/CCCCCCCCCCCCC. The van der Waals surface area contributed by atoms with E-state index in [2.05, 4.69) is 172 Å². The van der Waals surface area contributed by atoms with Gasteiger partial charge in [0.25, 0.3) is 0 Å². The number of amides is 1. The van der Waals surface area contributed by atoms with E-state index in [0.29, 0.717) is 12.8 Å². The van der Waals surface area contributed by atoms with E-state index in [4.69, 9.17) is 14.2 Å². The van der Waals surface area contributed by atoms with E-state index in [9.17, 15) is 35.1 Å². The number of carbonyl (C=O) groups is 2. The number of carbonyl (C=O) groups excluding carboxylic acids is 2. The summed E-state index contributed by atoms with van der Waals surface area (Å²) in [5, 5.41) is 57.1.